The summed E-state index contributed by atoms with van der Waals surface area (Å²) in [7, 11) is 1.42. The van der Waals surface area contributed by atoms with Gasteiger partial charge in [-0.3, -0.25) is 4.79 Å². The van der Waals surface area contributed by atoms with Gasteiger partial charge >= 0.3 is 0 Å². The minimum absolute atomic E-state index is 0.0192. The summed E-state index contributed by atoms with van der Waals surface area (Å²) in [5.41, 5.74) is 1.58. The number of hydrogen-bond acceptors (Lipinski definition) is 2. The van der Waals surface area contributed by atoms with Crippen LogP contribution in [0.3, 0.4) is 0 Å². The van der Waals surface area contributed by atoms with Crippen molar-refractivity contribution in [3.05, 3.63) is 65.0 Å². The van der Waals surface area contributed by atoms with Gasteiger partial charge in [0.25, 0.3) is 0 Å². The Morgan fingerprint density at radius 1 is 1.16 bits per heavy atom. The van der Waals surface area contributed by atoms with Crippen molar-refractivity contribution >= 4 is 5.78 Å². The Bertz CT molecular complexity index is 588. The van der Waals surface area contributed by atoms with E-state index in [2.05, 4.69) is 0 Å². The maximum atomic E-state index is 13.8. The fourth-order valence-corrected chi connectivity index (χ4v) is 1.93. The lowest BCUT2D eigenvalue weighted by molar-refractivity contribution is 0.103. The minimum atomic E-state index is -0.566. The predicted molar refractivity (Wildman–Crippen MR) is 72.2 cm³/mol. The van der Waals surface area contributed by atoms with Crippen LogP contribution in [0.1, 0.15) is 28.4 Å². The third-order valence-corrected chi connectivity index (χ3v) is 3.05. The molecule has 2 nitrogen and oxygen atoms in total. The molecule has 0 spiro atoms. The average Bonchev–Trinajstić information content (AvgIpc) is 2.46. The number of rotatable bonds is 4. The first-order valence-electron chi connectivity index (χ1n) is 6.13. The molecule has 0 amide bonds. The fraction of sp³-hybridized carbons (Fsp3) is 0.188. The first kappa shape index (κ1) is 13.3. The second-order valence-corrected chi connectivity index (χ2v) is 4.20. The van der Waals surface area contributed by atoms with Crippen LogP contribution in [-0.2, 0) is 6.42 Å². The molecule has 3 heteroatoms. The summed E-state index contributed by atoms with van der Waals surface area (Å²) in [5.74, 6) is -0.675. The highest BCUT2D eigenvalue weighted by Gasteiger charge is 2.18. The van der Waals surface area contributed by atoms with Crippen LogP contribution < -0.4 is 4.74 Å². The van der Waals surface area contributed by atoms with Gasteiger partial charge in [-0.15, -0.1) is 0 Å². The number of hydrogen-bond donors (Lipinski definition) is 0. The SMILES string of the molecule is CCc1ccc(C(=O)c2c(F)cccc2OC)cc1. The van der Waals surface area contributed by atoms with Crippen molar-refractivity contribution in [3.63, 3.8) is 0 Å². The standard InChI is InChI=1S/C16H15FO2/c1-3-11-7-9-12(10-8-11)16(18)15-13(17)5-4-6-14(15)19-2/h4-10H,3H2,1-2H3. The number of benzene rings is 2. The van der Waals surface area contributed by atoms with E-state index in [1.54, 1.807) is 18.2 Å². The smallest absolute Gasteiger partial charge is 0.199 e. The zero-order valence-electron chi connectivity index (χ0n) is 10.9. The van der Waals surface area contributed by atoms with E-state index >= 15 is 0 Å². The number of aryl methyl sites for hydroxylation is 1. The molecule has 2 aromatic carbocycles. The van der Waals surface area contributed by atoms with E-state index in [4.69, 9.17) is 4.74 Å². The van der Waals surface area contributed by atoms with Crippen LogP contribution in [0.4, 0.5) is 4.39 Å². The van der Waals surface area contributed by atoms with E-state index in [-0.39, 0.29) is 17.1 Å². The summed E-state index contributed by atoms with van der Waals surface area (Å²) in [4.78, 5) is 12.3. The lowest BCUT2D eigenvalue weighted by atomic mass is 10.0. The lowest BCUT2D eigenvalue weighted by Crippen LogP contribution is -2.07. The van der Waals surface area contributed by atoms with Gasteiger partial charge < -0.3 is 4.74 Å². The van der Waals surface area contributed by atoms with E-state index in [1.807, 2.05) is 19.1 Å². The zero-order chi connectivity index (χ0) is 13.8. The Hall–Kier alpha value is -2.16. The molecular formula is C16H15FO2. The summed E-state index contributed by atoms with van der Waals surface area (Å²) in [6, 6.07) is 11.5. The van der Waals surface area contributed by atoms with Crippen LogP contribution in [0.2, 0.25) is 0 Å². The summed E-state index contributed by atoms with van der Waals surface area (Å²) < 4.78 is 18.9. The van der Waals surface area contributed by atoms with Crippen molar-refractivity contribution in [3.8, 4) is 5.75 Å². The summed E-state index contributed by atoms with van der Waals surface area (Å²) in [5, 5.41) is 0. The third-order valence-electron chi connectivity index (χ3n) is 3.05. The summed E-state index contributed by atoms with van der Waals surface area (Å²) in [6.45, 7) is 2.04. The quantitative estimate of drug-likeness (QED) is 0.783. The summed E-state index contributed by atoms with van der Waals surface area (Å²) >= 11 is 0. The van der Waals surface area contributed by atoms with Crippen LogP contribution in [-0.4, -0.2) is 12.9 Å². The van der Waals surface area contributed by atoms with Crippen molar-refractivity contribution in [1.29, 1.82) is 0 Å². The van der Waals surface area contributed by atoms with Crippen molar-refractivity contribution in [2.45, 2.75) is 13.3 Å². The van der Waals surface area contributed by atoms with Gasteiger partial charge in [0.1, 0.15) is 17.1 Å². The van der Waals surface area contributed by atoms with Crippen LogP contribution in [0.15, 0.2) is 42.5 Å². The molecule has 0 aliphatic rings. The highest BCUT2D eigenvalue weighted by molar-refractivity contribution is 6.10. The molecule has 0 bridgehead atoms. The normalized spacial score (nSPS) is 10.3. The Morgan fingerprint density at radius 2 is 1.84 bits per heavy atom. The number of ketones is 1. The molecule has 0 heterocycles. The molecule has 0 aliphatic heterocycles. The van der Waals surface area contributed by atoms with Gasteiger partial charge in [-0.1, -0.05) is 37.3 Å². The van der Waals surface area contributed by atoms with Crippen molar-refractivity contribution in [2.24, 2.45) is 0 Å². The van der Waals surface area contributed by atoms with Crippen LogP contribution in [0.5, 0.6) is 5.75 Å². The molecule has 98 valence electrons. The molecule has 0 aromatic heterocycles. The molecule has 0 atom stereocenters. The molecule has 0 aliphatic carbocycles. The van der Waals surface area contributed by atoms with Crippen molar-refractivity contribution in [1.82, 2.24) is 0 Å². The van der Waals surface area contributed by atoms with Gasteiger partial charge in [0.05, 0.1) is 7.11 Å². The van der Waals surface area contributed by atoms with Crippen LogP contribution in [0, 0.1) is 5.82 Å². The number of halogens is 1. The van der Waals surface area contributed by atoms with E-state index in [9.17, 15) is 9.18 Å². The second-order valence-electron chi connectivity index (χ2n) is 4.20. The van der Waals surface area contributed by atoms with Crippen LogP contribution in [0.25, 0.3) is 0 Å². The first-order chi connectivity index (χ1) is 9.17. The fourth-order valence-electron chi connectivity index (χ4n) is 1.93. The minimum Gasteiger partial charge on any atom is -0.496 e. The Kier molecular flexibility index (Phi) is 3.95. The maximum absolute atomic E-state index is 13.8. The molecule has 0 unspecified atom stereocenters. The second kappa shape index (κ2) is 5.65. The molecule has 0 fully saturated rings. The molecule has 0 saturated heterocycles. The van der Waals surface area contributed by atoms with Gasteiger partial charge in [0, 0.05) is 5.56 Å². The Balaban J connectivity index is 2.43. The Labute approximate surface area is 111 Å². The summed E-state index contributed by atoms with van der Waals surface area (Å²) in [6.07, 6.45) is 0.900. The topological polar surface area (TPSA) is 26.3 Å². The zero-order valence-corrected chi connectivity index (χ0v) is 10.9. The number of ether oxygens (including phenoxy) is 1. The van der Waals surface area contributed by atoms with E-state index in [1.165, 1.54) is 19.2 Å². The molecule has 2 aromatic rings. The maximum Gasteiger partial charge on any atom is 0.199 e. The highest BCUT2D eigenvalue weighted by atomic mass is 19.1. The molecular weight excluding hydrogens is 243 g/mol. The largest absolute Gasteiger partial charge is 0.496 e. The first-order valence-corrected chi connectivity index (χ1v) is 6.13. The molecule has 0 saturated carbocycles. The van der Waals surface area contributed by atoms with Gasteiger partial charge in [-0.05, 0) is 24.1 Å². The van der Waals surface area contributed by atoms with E-state index < -0.39 is 5.82 Å². The average molecular weight is 258 g/mol. The third kappa shape index (κ3) is 2.65. The van der Waals surface area contributed by atoms with E-state index in [0.29, 0.717) is 5.56 Å². The molecule has 2 rings (SSSR count). The molecule has 0 N–H and O–H groups in total. The van der Waals surface area contributed by atoms with Gasteiger partial charge in [-0.25, -0.2) is 4.39 Å². The monoisotopic (exact) mass is 258 g/mol. The molecule has 19 heavy (non-hydrogen) atoms. The number of carbonyl (C=O) groups excluding carboxylic acids is 1. The van der Waals surface area contributed by atoms with Gasteiger partial charge in [0.15, 0.2) is 5.78 Å². The van der Waals surface area contributed by atoms with Crippen LogP contribution >= 0.6 is 0 Å². The van der Waals surface area contributed by atoms with E-state index in [0.717, 1.165) is 12.0 Å². The lowest BCUT2D eigenvalue weighted by Gasteiger charge is -2.09. The number of carbonyl (C=O) groups is 1. The predicted octanol–water partition coefficient (Wildman–Crippen LogP) is 3.63. The van der Waals surface area contributed by atoms with Crippen molar-refractivity contribution < 1.29 is 13.9 Å². The van der Waals surface area contributed by atoms with Crippen molar-refractivity contribution in [2.75, 3.05) is 7.11 Å². The molecule has 0 radical (unpaired) electrons. The highest BCUT2D eigenvalue weighted by Crippen LogP contribution is 2.24. The van der Waals surface area contributed by atoms with Gasteiger partial charge in [0.2, 0.25) is 0 Å². The number of methoxy groups -OCH3 is 1. The Morgan fingerprint density at radius 3 is 2.42 bits per heavy atom. The van der Waals surface area contributed by atoms with Gasteiger partial charge in [-0.2, -0.15) is 0 Å².